The summed E-state index contributed by atoms with van der Waals surface area (Å²) in [6, 6.07) is 0. The third-order valence-corrected chi connectivity index (χ3v) is 1.63. The van der Waals surface area contributed by atoms with Crippen molar-refractivity contribution >= 4 is 5.91 Å². The Morgan fingerprint density at radius 2 is 2.15 bits per heavy atom. The lowest BCUT2D eigenvalue weighted by molar-refractivity contribution is -0.128. The molecule has 1 aliphatic rings. The van der Waals surface area contributed by atoms with Crippen LogP contribution in [0.3, 0.4) is 0 Å². The van der Waals surface area contributed by atoms with Crippen LogP contribution in [0.4, 0.5) is 0 Å². The molecule has 0 radical (unpaired) electrons. The van der Waals surface area contributed by atoms with Crippen LogP contribution in [-0.4, -0.2) is 24.9 Å². The van der Waals surface area contributed by atoms with E-state index < -0.39 is 0 Å². The van der Waals surface area contributed by atoms with Gasteiger partial charge in [0.25, 0.3) is 0 Å². The van der Waals surface area contributed by atoms with Crippen molar-refractivity contribution in [1.82, 2.24) is 4.90 Å². The standard InChI is InChI=1S/C10H13NO2/c1-11(2)10(12)8-9-6-4-3-5-7-13-9/h3-7H,8H2,1-2H3. The molecule has 0 saturated carbocycles. The van der Waals surface area contributed by atoms with Gasteiger partial charge in [-0.2, -0.15) is 0 Å². The van der Waals surface area contributed by atoms with Crippen molar-refractivity contribution in [2.24, 2.45) is 0 Å². The summed E-state index contributed by atoms with van der Waals surface area (Å²) >= 11 is 0. The first-order valence-electron chi connectivity index (χ1n) is 4.09. The first kappa shape index (κ1) is 9.58. The quantitative estimate of drug-likeness (QED) is 0.642. The number of hydrogen-bond acceptors (Lipinski definition) is 2. The first-order valence-corrected chi connectivity index (χ1v) is 4.09. The highest BCUT2D eigenvalue weighted by atomic mass is 16.5. The van der Waals surface area contributed by atoms with Gasteiger partial charge >= 0.3 is 0 Å². The number of amides is 1. The summed E-state index contributed by atoms with van der Waals surface area (Å²) in [5.41, 5.74) is 0. The Morgan fingerprint density at radius 3 is 2.85 bits per heavy atom. The van der Waals surface area contributed by atoms with E-state index in [0.29, 0.717) is 12.2 Å². The van der Waals surface area contributed by atoms with Crippen molar-refractivity contribution in [3.8, 4) is 0 Å². The largest absolute Gasteiger partial charge is 0.469 e. The maximum atomic E-state index is 11.3. The molecule has 0 fully saturated rings. The number of carbonyl (C=O) groups is 1. The second-order valence-electron chi connectivity index (χ2n) is 2.93. The van der Waals surface area contributed by atoms with Gasteiger partial charge in [-0.25, -0.2) is 0 Å². The van der Waals surface area contributed by atoms with Crippen LogP contribution in [0.15, 0.2) is 36.3 Å². The molecule has 0 atom stereocenters. The van der Waals surface area contributed by atoms with Crippen LogP contribution in [0.2, 0.25) is 0 Å². The molecule has 0 aromatic heterocycles. The Balaban J connectivity index is 2.54. The molecule has 1 aliphatic heterocycles. The monoisotopic (exact) mass is 179 g/mol. The van der Waals surface area contributed by atoms with Crippen molar-refractivity contribution in [3.05, 3.63) is 36.3 Å². The van der Waals surface area contributed by atoms with Crippen LogP contribution in [0.1, 0.15) is 6.42 Å². The average molecular weight is 179 g/mol. The van der Waals surface area contributed by atoms with Gasteiger partial charge in [-0.3, -0.25) is 4.79 Å². The molecule has 3 heteroatoms. The predicted molar refractivity (Wildman–Crippen MR) is 50.8 cm³/mol. The molecular weight excluding hydrogens is 166 g/mol. The Bertz CT molecular complexity index is 275. The van der Waals surface area contributed by atoms with Gasteiger partial charge in [-0.15, -0.1) is 0 Å². The van der Waals surface area contributed by atoms with Gasteiger partial charge in [0, 0.05) is 14.1 Å². The number of allylic oxidation sites excluding steroid dienone is 4. The van der Waals surface area contributed by atoms with Gasteiger partial charge in [0.1, 0.15) is 5.76 Å². The molecule has 70 valence electrons. The molecule has 0 bridgehead atoms. The van der Waals surface area contributed by atoms with Crippen LogP contribution in [0, 0.1) is 0 Å². The molecule has 1 amide bonds. The van der Waals surface area contributed by atoms with Crippen molar-refractivity contribution in [2.75, 3.05) is 14.1 Å². The zero-order valence-electron chi connectivity index (χ0n) is 7.86. The first-order chi connectivity index (χ1) is 6.20. The molecule has 0 aliphatic carbocycles. The Hall–Kier alpha value is -1.51. The summed E-state index contributed by atoms with van der Waals surface area (Å²) in [7, 11) is 3.45. The normalized spacial score (nSPS) is 14.5. The molecule has 0 N–H and O–H groups in total. The summed E-state index contributed by atoms with van der Waals surface area (Å²) in [4.78, 5) is 12.8. The fourth-order valence-corrected chi connectivity index (χ4v) is 0.846. The Labute approximate surface area is 78.0 Å². The van der Waals surface area contributed by atoms with E-state index >= 15 is 0 Å². The van der Waals surface area contributed by atoms with E-state index in [1.54, 1.807) is 37.4 Å². The second kappa shape index (κ2) is 4.50. The van der Waals surface area contributed by atoms with Gasteiger partial charge in [-0.05, 0) is 12.2 Å². The van der Waals surface area contributed by atoms with Crippen molar-refractivity contribution in [1.29, 1.82) is 0 Å². The minimum absolute atomic E-state index is 0.0370. The SMILES string of the molecule is CN(C)C(=O)CC1=CC=CC=CO1. The van der Waals surface area contributed by atoms with E-state index in [1.807, 2.05) is 12.2 Å². The summed E-state index contributed by atoms with van der Waals surface area (Å²) in [5.74, 6) is 0.707. The predicted octanol–water partition coefficient (Wildman–Crippen LogP) is 1.45. The van der Waals surface area contributed by atoms with Crippen LogP contribution in [0.5, 0.6) is 0 Å². The summed E-state index contributed by atoms with van der Waals surface area (Å²) < 4.78 is 5.19. The van der Waals surface area contributed by atoms with Gasteiger partial charge in [0.2, 0.25) is 5.91 Å². The fourth-order valence-electron chi connectivity index (χ4n) is 0.846. The van der Waals surface area contributed by atoms with Gasteiger partial charge in [0.05, 0.1) is 12.7 Å². The molecule has 0 aromatic rings. The smallest absolute Gasteiger partial charge is 0.229 e. The third kappa shape index (κ3) is 3.15. The van der Waals surface area contributed by atoms with Gasteiger partial charge < -0.3 is 9.64 Å². The average Bonchev–Trinajstić information content (AvgIpc) is 2.32. The maximum Gasteiger partial charge on any atom is 0.229 e. The molecule has 0 spiro atoms. The zero-order chi connectivity index (χ0) is 9.68. The fraction of sp³-hybridized carbons (Fsp3) is 0.300. The maximum absolute atomic E-state index is 11.3. The van der Waals surface area contributed by atoms with E-state index in [-0.39, 0.29) is 5.91 Å². The van der Waals surface area contributed by atoms with E-state index in [1.165, 1.54) is 0 Å². The minimum Gasteiger partial charge on any atom is -0.469 e. The lowest BCUT2D eigenvalue weighted by Crippen LogP contribution is -2.21. The van der Waals surface area contributed by atoms with Gasteiger partial charge in [-0.1, -0.05) is 12.2 Å². The number of hydrogen-bond donors (Lipinski definition) is 0. The van der Waals surface area contributed by atoms with E-state index in [4.69, 9.17) is 4.74 Å². The molecule has 0 unspecified atom stereocenters. The highest BCUT2D eigenvalue weighted by Crippen LogP contribution is 2.08. The van der Waals surface area contributed by atoms with E-state index in [0.717, 1.165) is 0 Å². The van der Waals surface area contributed by atoms with Crippen molar-refractivity contribution in [2.45, 2.75) is 6.42 Å². The van der Waals surface area contributed by atoms with Crippen molar-refractivity contribution in [3.63, 3.8) is 0 Å². The molecule has 13 heavy (non-hydrogen) atoms. The van der Waals surface area contributed by atoms with E-state index in [2.05, 4.69) is 0 Å². The van der Waals surface area contributed by atoms with Crippen LogP contribution in [-0.2, 0) is 9.53 Å². The summed E-state index contributed by atoms with van der Waals surface area (Å²) in [6.45, 7) is 0. The molecule has 3 nitrogen and oxygen atoms in total. The molecule has 1 heterocycles. The van der Waals surface area contributed by atoms with Crippen LogP contribution >= 0.6 is 0 Å². The number of nitrogens with zero attached hydrogens (tertiary/aromatic N) is 1. The Kier molecular flexibility index (Phi) is 3.31. The number of carbonyl (C=O) groups excluding carboxylic acids is 1. The molecular formula is C10H13NO2. The number of ether oxygens (including phenoxy) is 1. The molecule has 1 rings (SSSR count). The lowest BCUT2D eigenvalue weighted by atomic mass is 10.3. The lowest BCUT2D eigenvalue weighted by Gasteiger charge is -2.10. The summed E-state index contributed by atoms with van der Waals surface area (Å²) in [5, 5.41) is 0. The molecule has 0 aromatic carbocycles. The second-order valence-corrected chi connectivity index (χ2v) is 2.93. The molecule has 0 saturated heterocycles. The minimum atomic E-state index is 0.0370. The zero-order valence-corrected chi connectivity index (χ0v) is 7.86. The van der Waals surface area contributed by atoms with Crippen LogP contribution < -0.4 is 0 Å². The van der Waals surface area contributed by atoms with E-state index in [9.17, 15) is 4.79 Å². The Morgan fingerprint density at radius 1 is 1.38 bits per heavy atom. The number of rotatable bonds is 2. The topological polar surface area (TPSA) is 29.5 Å². The van der Waals surface area contributed by atoms with Crippen molar-refractivity contribution < 1.29 is 9.53 Å². The highest BCUT2D eigenvalue weighted by molar-refractivity contribution is 5.77. The third-order valence-electron chi connectivity index (χ3n) is 1.63. The summed E-state index contributed by atoms with van der Waals surface area (Å²) in [6.07, 6.45) is 9.15. The van der Waals surface area contributed by atoms with Gasteiger partial charge in [0.15, 0.2) is 0 Å². The van der Waals surface area contributed by atoms with Crippen LogP contribution in [0.25, 0.3) is 0 Å². The highest BCUT2D eigenvalue weighted by Gasteiger charge is 2.08.